The Kier molecular flexibility index (Phi) is 3.47. The van der Waals surface area contributed by atoms with Gasteiger partial charge in [0.2, 0.25) is 0 Å². The fourth-order valence-electron chi connectivity index (χ4n) is 1.07. The summed E-state index contributed by atoms with van der Waals surface area (Å²) in [5.74, 6) is -4.27. The summed E-state index contributed by atoms with van der Waals surface area (Å²) < 4.78 is 25.6. The summed E-state index contributed by atoms with van der Waals surface area (Å²) in [4.78, 5) is 10.2. The number of benzene rings is 1. The summed E-state index contributed by atoms with van der Waals surface area (Å²) in [5, 5.41) is 16.9. The fraction of sp³-hybridized carbons (Fsp3) is 0.222. The molecule has 3 nitrogen and oxygen atoms in total. The molecular formula is C9H7ClF2O3. The van der Waals surface area contributed by atoms with Gasteiger partial charge in [-0.05, 0) is 18.1 Å². The molecule has 0 unspecified atom stereocenters. The molecule has 82 valence electrons. The van der Waals surface area contributed by atoms with Gasteiger partial charge in [-0.15, -0.1) is 0 Å². The molecule has 0 bridgehead atoms. The Morgan fingerprint density at radius 1 is 1.47 bits per heavy atom. The Morgan fingerprint density at radius 2 is 2.07 bits per heavy atom. The zero-order valence-corrected chi connectivity index (χ0v) is 8.18. The van der Waals surface area contributed by atoms with E-state index in [2.05, 4.69) is 0 Å². The van der Waals surface area contributed by atoms with Crippen molar-refractivity contribution in [2.45, 2.75) is 12.8 Å². The Bertz CT molecular complexity index is 407. The summed E-state index contributed by atoms with van der Waals surface area (Å²) in [6.07, 6.45) is -0.410. The first-order valence-corrected chi connectivity index (χ1v) is 4.38. The number of aryl methyl sites for hydroxylation is 1. The Balaban J connectivity index is 3.04. The third kappa shape index (κ3) is 2.56. The van der Waals surface area contributed by atoms with Gasteiger partial charge in [0, 0.05) is 6.42 Å². The van der Waals surface area contributed by atoms with E-state index >= 15 is 0 Å². The Hall–Kier alpha value is -1.36. The number of phenolic OH excluding ortho intramolecular Hbond substituents is 1. The molecule has 0 spiro atoms. The zero-order valence-electron chi connectivity index (χ0n) is 7.43. The second kappa shape index (κ2) is 4.44. The van der Waals surface area contributed by atoms with Gasteiger partial charge in [0.15, 0.2) is 11.6 Å². The first-order chi connectivity index (χ1) is 6.93. The molecule has 6 heteroatoms. The predicted molar refractivity (Wildman–Crippen MR) is 49.0 cm³/mol. The normalized spacial score (nSPS) is 10.3. The molecule has 1 aromatic rings. The van der Waals surface area contributed by atoms with E-state index in [1.54, 1.807) is 0 Å². The molecular weight excluding hydrogens is 230 g/mol. The molecule has 1 aromatic carbocycles. The van der Waals surface area contributed by atoms with Crippen molar-refractivity contribution in [3.8, 4) is 5.75 Å². The van der Waals surface area contributed by atoms with Gasteiger partial charge in [0.05, 0.1) is 0 Å². The predicted octanol–water partition coefficient (Wildman–Crippen LogP) is 2.34. The molecule has 2 N–H and O–H groups in total. The van der Waals surface area contributed by atoms with Crippen LogP contribution in [0.15, 0.2) is 6.07 Å². The number of carbonyl (C=O) groups is 1. The minimum absolute atomic E-state index is 0.0266. The molecule has 0 aliphatic heterocycles. The van der Waals surface area contributed by atoms with Crippen molar-refractivity contribution in [3.63, 3.8) is 0 Å². The van der Waals surface area contributed by atoms with Gasteiger partial charge >= 0.3 is 5.97 Å². The lowest BCUT2D eigenvalue weighted by Crippen LogP contribution is -1.99. The van der Waals surface area contributed by atoms with Gasteiger partial charge < -0.3 is 10.2 Å². The zero-order chi connectivity index (χ0) is 11.6. The van der Waals surface area contributed by atoms with Crippen molar-refractivity contribution in [3.05, 3.63) is 28.3 Å². The molecule has 0 fully saturated rings. The Labute approximate surface area is 88.9 Å². The van der Waals surface area contributed by atoms with Crippen molar-refractivity contribution in [2.75, 3.05) is 0 Å². The van der Waals surface area contributed by atoms with Crippen molar-refractivity contribution >= 4 is 17.6 Å². The lowest BCUT2D eigenvalue weighted by atomic mass is 10.1. The highest BCUT2D eigenvalue weighted by Crippen LogP contribution is 2.32. The van der Waals surface area contributed by atoms with Crippen molar-refractivity contribution < 1.29 is 23.8 Å². The highest BCUT2D eigenvalue weighted by Gasteiger charge is 2.16. The number of hydrogen-bond acceptors (Lipinski definition) is 2. The first kappa shape index (κ1) is 11.7. The van der Waals surface area contributed by atoms with E-state index in [9.17, 15) is 18.7 Å². The number of halogens is 3. The maximum absolute atomic E-state index is 12.8. The monoisotopic (exact) mass is 236 g/mol. The number of rotatable bonds is 3. The molecule has 1 rings (SSSR count). The van der Waals surface area contributed by atoms with Gasteiger partial charge in [0.1, 0.15) is 10.8 Å². The average Bonchev–Trinajstić information content (AvgIpc) is 2.18. The topological polar surface area (TPSA) is 57.5 Å². The van der Waals surface area contributed by atoms with Gasteiger partial charge in [-0.3, -0.25) is 4.79 Å². The summed E-state index contributed by atoms with van der Waals surface area (Å²) >= 11 is 5.29. The molecule has 0 aliphatic carbocycles. The second-order valence-corrected chi connectivity index (χ2v) is 3.27. The summed E-state index contributed by atoms with van der Waals surface area (Å²) in [7, 11) is 0. The number of aliphatic carboxylic acids is 1. The van der Waals surface area contributed by atoms with Crippen LogP contribution in [0.5, 0.6) is 5.75 Å². The van der Waals surface area contributed by atoms with Gasteiger partial charge in [-0.1, -0.05) is 11.6 Å². The van der Waals surface area contributed by atoms with E-state index in [0.717, 1.165) is 6.07 Å². The fourth-order valence-corrected chi connectivity index (χ4v) is 1.28. The third-order valence-corrected chi connectivity index (χ3v) is 2.17. The maximum Gasteiger partial charge on any atom is 0.303 e. The lowest BCUT2D eigenvalue weighted by Gasteiger charge is -2.06. The van der Waals surface area contributed by atoms with Crippen LogP contribution in [0, 0.1) is 11.6 Å². The highest BCUT2D eigenvalue weighted by atomic mass is 35.5. The largest absolute Gasteiger partial charge is 0.506 e. The molecule has 0 heterocycles. The number of carboxylic acids is 1. The first-order valence-electron chi connectivity index (χ1n) is 4.00. The highest BCUT2D eigenvalue weighted by molar-refractivity contribution is 6.32. The molecule has 0 atom stereocenters. The molecule has 0 amide bonds. The Morgan fingerprint density at radius 3 is 2.60 bits per heavy atom. The minimum atomic E-state index is -1.34. The summed E-state index contributed by atoms with van der Waals surface area (Å²) in [6.45, 7) is 0. The van der Waals surface area contributed by atoms with E-state index in [1.807, 2.05) is 0 Å². The molecule has 0 aliphatic rings. The molecule has 0 radical (unpaired) electrons. The van der Waals surface area contributed by atoms with Crippen LogP contribution in [0.4, 0.5) is 8.78 Å². The molecule has 15 heavy (non-hydrogen) atoms. The summed E-state index contributed by atoms with van der Waals surface area (Å²) in [5.41, 5.74) is -0.0266. The average molecular weight is 237 g/mol. The van der Waals surface area contributed by atoms with Crippen LogP contribution < -0.4 is 0 Å². The maximum atomic E-state index is 12.8. The van der Waals surface area contributed by atoms with Crippen molar-refractivity contribution in [1.29, 1.82) is 0 Å². The van der Waals surface area contributed by atoms with Crippen molar-refractivity contribution in [1.82, 2.24) is 0 Å². The van der Waals surface area contributed by atoms with Crippen LogP contribution >= 0.6 is 11.6 Å². The van der Waals surface area contributed by atoms with E-state index in [-0.39, 0.29) is 18.4 Å². The number of hydrogen-bond donors (Lipinski definition) is 2. The number of aromatic hydroxyl groups is 1. The van der Waals surface area contributed by atoms with Gasteiger partial charge in [0.25, 0.3) is 0 Å². The van der Waals surface area contributed by atoms with Gasteiger partial charge in [-0.2, -0.15) is 0 Å². The molecule has 0 aromatic heterocycles. The van der Waals surface area contributed by atoms with E-state index in [1.165, 1.54) is 0 Å². The standard InChI is InChI=1S/C9H7ClF2O3/c10-7-8(12)5(11)3-4(9(7)15)1-2-6(13)14/h3,15H,1-2H2,(H,13,14). The lowest BCUT2D eigenvalue weighted by molar-refractivity contribution is -0.136. The molecule has 0 saturated heterocycles. The summed E-state index contributed by atoms with van der Waals surface area (Å²) in [6, 6.07) is 0.736. The van der Waals surface area contributed by atoms with Crippen LogP contribution in [0.1, 0.15) is 12.0 Å². The van der Waals surface area contributed by atoms with Crippen LogP contribution in [-0.4, -0.2) is 16.2 Å². The third-order valence-electron chi connectivity index (χ3n) is 1.82. The van der Waals surface area contributed by atoms with E-state index < -0.39 is 28.4 Å². The van der Waals surface area contributed by atoms with Crippen LogP contribution in [0.25, 0.3) is 0 Å². The SMILES string of the molecule is O=C(O)CCc1cc(F)c(F)c(Cl)c1O. The van der Waals surface area contributed by atoms with E-state index in [4.69, 9.17) is 16.7 Å². The smallest absolute Gasteiger partial charge is 0.303 e. The van der Waals surface area contributed by atoms with Gasteiger partial charge in [-0.25, -0.2) is 8.78 Å². The van der Waals surface area contributed by atoms with Crippen molar-refractivity contribution in [2.24, 2.45) is 0 Å². The minimum Gasteiger partial charge on any atom is -0.506 e. The molecule has 0 saturated carbocycles. The van der Waals surface area contributed by atoms with Crippen LogP contribution in [0.3, 0.4) is 0 Å². The van der Waals surface area contributed by atoms with Crippen LogP contribution in [0.2, 0.25) is 5.02 Å². The second-order valence-electron chi connectivity index (χ2n) is 2.89. The van der Waals surface area contributed by atoms with Crippen LogP contribution in [-0.2, 0) is 11.2 Å². The number of carboxylic acid groups (broad SMARTS) is 1. The van der Waals surface area contributed by atoms with E-state index in [0.29, 0.717) is 0 Å². The number of phenols is 1. The quantitative estimate of drug-likeness (QED) is 0.792.